The molecule has 1 aromatic rings. The molecule has 3 aliphatic rings. The molecule has 3 N–H and O–H groups in total. The van der Waals surface area contributed by atoms with Gasteiger partial charge in [0, 0.05) is 24.6 Å². The van der Waals surface area contributed by atoms with E-state index in [1.54, 1.807) is 0 Å². The second-order valence-corrected chi connectivity index (χ2v) is 7.97. The molecule has 3 heterocycles. The van der Waals surface area contributed by atoms with Crippen LogP contribution >= 0.6 is 0 Å². The lowest BCUT2D eigenvalue weighted by molar-refractivity contribution is -0.137. The van der Waals surface area contributed by atoms with Crippen molar-refractivity contribution < 1.29 is 22.8 Å². The van der Waals surface area contributed by atoms with Crippen LogP contribution in [0.5, 0.6) is 0 Å². The Balaban J connectivity index is 1.63. The van der Waals surface area contributed by atoms with Crippen LogP contribution in [0.15, 0.2) is 53.6 Å². The first-order valence-electron chi connectivity index (χ1n) is 10.4. The lowest BCUT2D eigenvalue weighted by Crippen LogP contribution is -2.41. The van der Waals surface area contributed by atoms with Crippen LogP contribution in [0, 0.1) is 0 Å². The predicted octanol–water partition coefficient (Wildman–Crippen LogP) is 3.10. The first-order valence-corrected chi connectivity index (χ1v) is 10.4. The van der Waals surface area contributed by atoms with Crippen molar-refractivity contribution in [3.05, 3.63) is 64.8 Å². The van der Waals surface area contributed by atoms with Gasteiger partial charge in [-0.15, -0.1) is 0 Å². The second-order valence-electron chi connectivity index (χ2n) is 7.97. The van der Waals surface area contributed by atoms with E-state index in [9.17, 15) is 22.8 Å². The van der Waals surface area contributed by atoms with E-state index in [0.717, 1.165) is 37.2 Å². The van der Waals surface area contributed by atoms with E-state index >= 15 is 0 Å². The van der Waals surface area contributed by atoms with Crippen LogP contribution in [0.1, 0.15) is 36.8 Å². The largest absolute Gasteiger partial charge is 0.416 e. The lowest BCUT2D eigenvalue weighted by Gasteiger charge is -2.28. The quantitative estimate of drug-likeness (QED) is 0.686. The van der Waals surface area contributed by atoms with E-state index < -0.39 is 11.7 Å². The molecule has 164 valence electrons. The summed E-state index contributed by atoms with van der Waals surface area (Å²) in [5, 5.41) is 9.10. The maximum Gasteiger partial charge on any atom is 0.416 e. The molecule has 1 unspecified atom stereocenters. The van der Waals surface area contributed by atoms with Gasteiger partial charge in [-0.2, -0.15) is 13.2 Å². The fourth-order valence-corrected chi connectivity index (χ4v) is 4.22. The third kappa shape index (κ3) is 4.90. The highest BCUT2D eigenvalue weighted by atomic mass is 19.4. The number of hydrogen-bond donors (Lipinski definition) is 3. The number of hydrogen-bond acceptors (Lipinski definition) is 3. The van der Waals surface area contributed by atoms with Gasteiger partial charge in [0.2, 0.25) is 5.91 Å². The lowest BCUT2D eigenvalue weighted by atomic mass is 9.88. The summed E-state index contributed by atoms with van der Waals surface area (Å²) >= 11 is 0. The average molecular weight is 431 g/mol. The third-order valence-electron chi connectivity index (χ3n) is 5.85. The topological polar surface area (TPSA) is 70.2 Å². The Morgan fingerprint density at radius 1 is 1.03 bits per heavy atom. The van der Waals surface area contributed by atoms with Gasteiger partial charge >= 0.3 is 6.18 Å². The Labute approximate surface area is 178 Å². The summed E-state index contributed by atoms with van der Waals surface area (Å²) in [5.74, 6) is -0.238. The summed E-state index contributed by atoms with van der Waals surface area (Å²) in [4.78, 5) is 24.4. The number of halogens is 3. The molecule has 2 atom stereocenters. The molecule has 3 aliphatic heterocycles. The highest BCUT2D eigenvalue weighted by molar-refractivity contribution is 6.00. The van der Waals surface area contributed by atoms with Crippen molar-refractivity contribution in [1.29, 1.82) is 0 Å². The molecule has 8 heteroatoms. The zero-order chi connectivity index (χ0) is 22.0. The molecule has 0 saturated carbocycles. The summed E-state index contributed by atoms with van der Waals surface area (Å²) in [7, 11) is 0. The van der Waals surface area contributed by atoms with Crippen molar-refractivity contribution in [2.45, 2.75) is 43.9 Å². The molecule has 1 saturated heterocycles. The number of rotatable bonds is 4. The summed E-state index contributed by atoms with van der Waals surface area (Å²) in [6, 6.07) is 4.34. The molecular weight excluding hydrogens is 407 g/mol. The molecule has 0 radical (unpaired) electrons. The summed E-state index contributed by atoms with van der Waals surface area (Å²) in [6.45, 7) is 1.54. The molecule has 4 rings (SSSR count). The molecule has 5 nitrogen and oxygen atoms in total. The summed E-state index contributed by atoms with van der Waals surface area (Å²) < 4.78 is 38.9. The van der Waals surface area contributed by atoms with Crippen LogP contribution < -0.4 is 16.0 Å². The number of benzene rings is 1. The molecule has 0 spiro atoms. The van der Waals surface area contributed by atoms with E-state index in [4.69, 9.17) is 0 Å². The van der Waals surface area contributed by atoms with Gasteiger partial charge in [0.25, 0.3) is 5.91 Å². The van der Waals surface area contributed by atoms with Crippen molar-refractivity contribution in [3.63, 3.8) is 0 Å². The SMILES string of the molecule is O=C1CC[C@H](/C=C(\c2ccc(C(F)(F)F)cc2)C2CC=C(C3=CCNCC3)C(=O)N2)N1. The molecule has 1 aromatic carbocycles. The highest BCUT2D eigenvalue weighted by Crippen LogP contribution is 2.32. The molecule has 2 amide bonds. The molecule has 31 heavy (non-hydrogen) atoms. The monoisotopic (exact) mass is 431 g/mol. The van der Waals surface area contributed by atoms with Crippen molar-refractivity contribution in [2.75, 3.05) is 13.1 Å². The fraction of sp³-hybridized carbons (Fsp3) is 0.391. The van der Waals surface area contributed by atoms with Gasteiger partial charge in [-0.25, -0.2) is 0 Å². The van der Waals surface area contributed by atoms with Crippen LogP contribution in [-0.2, 0) is 15.8 Å². The Kier molecular flexibility index (Phi) is 6.00. The van der Waals surface area contributed by atoms with E-state index in [1.807, 2.05) is 18.2 Å². The molecule has 0 aromatic heterocycles. The van der Waals surface area contributed by atoms with E-state index in [2.05, 4.69) is 16.0 Å². The van der Waals surface area contributed by atoms with Gasteiger partial charge in [0.05, 0.1) is 11.6 Å². The second kappa shape index (κ2) is 8.70. The minimum atomic E-state index is -4.42. The fourth-order valence-electron chi connectivity index (χ4n) is 4.22. The number of amides is 2. The van der Waals surface area contributed by atoms with E-state index in [1.165, 1.54) is 12.1 Å². The van der Waals surface area contributed by atoms with Crippen molar-refractivity contribution in [3.8, 4) is 0 Å². The Morgan fingerprint density at radius 2 is 1.81 bits per heavy atom. The maximum absolute atomic E-state index is 13.0. The Hall–Kier alpha value is -2.87. The van der Waals surface area contributed by atoms with Gasteiger partial charge in [-0.3, -0.25) is 9.59 Å². The van der Waals surface area contributed by atoms with Gasteiger partial charge in [-0.1, -0.05) is 30.4 Å². The van der Waals surface area contributed by atoms with Crippen LogP contribution in [0.3, 0.4) is 0 Å². The van der Waals surface area contributed by atoms with Crippen molar-refractivity contribution in [2.24, 2.45) is 0 Å². The van der Waals surface area contributed by atoms with Crippen LogP contribution in [-0.4, -0.2) is 37.0 Å². The molecule has 0 bridgehead atoms. The first-order chi connectivity index (χ1) is 14.8. The van der Waals surface area contributed by atoms with Crippen molar-refractivity contribution in [1.82, 2.24) is 16.0 Å². The maximum atomic E-state index is 13.0. The van der Waals surface area contributed by atoms with Gasteiger partial charge in [0.15, 0.2) is 0 Å². The zero-order valence-corrected chi connectivity index (χ0v) is 16.9. The minimum Gasteiger partial charge on any atom is -0.350 e. The van der Waals surface area contributed by atoms with Crippen molar-refractivity contribution >= 4 is 17.4 Å². The van der Waals surface area contributed by atoms with Crippen LogP contribution in [0.4, 0.5) is 13.2 Å². The molecule has 0 aliphatic carbocycles. The average Bonchev–Trinajstić information content (AvgIpc) is 3.17. The van der Waals surface area contributed by atoms with Gasteiger partial charge < -0.3 is 16.0 Å². The van der Waals surface area contributed by atoms with Crippen LogP contribution in [0.25, 0.3) is 5.57 Å². The standard InChI is InChI=1S/C23H24F3N3O2/c24-23(25,26)16-3-1-14(2-4-16)19(13-17-5-8-21(30)28-17)20-7-6-18(22(31)29-20)15-9-11-27-12-10-15/h1-4,6,9,13,17,20,27H,5,7-8,10-12H2,(H,28,30)(H,29,31)/b19-13+/t17-,20?/m1/s1. The minimum absolute atomic E-state index is 0.0549. The third-order valence-corrected chi connectivity index (χ3v) is 5.85. The molecular formula is C23H24F3N3O2. The number of carbonyl (C=O) groups is 2. The van der Waals surface area contributed by atoms with E-state index in [-0.39, 0.29) is 23.9 Å². The Morgan fingerprint density at radius 3 is 2.39 bits per heavy atom. The van der Waals surface area contributed by atoms with Crippen LogP contribution in [0.2, 0.25) is 0 Å². The van der Waals surface area contributed by atoms with E-state index in [0.29, 0.717) is 36.0 Å². The van der Waals surface area contributed by atoms with Gasteiger partial charge in [-0.05, 0) is 54.6 Å². The van der Waals surface area contributed by atoms with Gasteiger partial charge in [0.1, 0.15) is 0 Å². The smallest absolute Gasteiger partial charge is 0.350 e. The summed E-state index contributed by atoms with van der Waals surface area (Å²) in [6.07, 6.45) is 3.69. The zero-order valence-electron chi connectivity index (χ0n) is 16.9. The number of carbonyl (C=O) groups excluding carboxylic acids is 2. The summed E-state index contributed by atoms with van der Waals surface area (Å²) in [5.41, 5.74) is 2.26. The number of alkyl halides is 3. The highest BCUT2D eigenvalue weighted by Gasteiger charge is 2.31. The predicted molar refractivity (Wildman–Crippen MR) is 111 cm³/mol. The number of nitrogens with one attached hydrogen (secondary N) is 3. The molecule has 1 fully saturated rings. The Bertz CT molecular complexity index is 961. The first kappa shape index (κ1) is 21.4. The normalized spacial score (nSPS) is 24.9.